The Morgan fingerprint density at radius 2 is 1.79 bits per heavy atom. The first kappa shape index (κ1) is 19.5. The zero-order chi connectivity index (χ0) is 20.3. The predicted molar refractivity (Wildman–Crippen MR) is 97.5 cm³/mol. The van der Waals surface area contributed by atoms with E-state index in [2.05, 4.69) is 10.6 Å². The number of carbonyl (C=O) groups excluding carboxylic acids is 5. The lowest BCUT2D eigenvalue weighted by Crippen LogP contribution is -2.44. The number of hydrogen-bond acceptors (Lipinski definition) is 6. The van der Waals surface area contributed by atoms with E-state index in [1.807, 2.05) is 0 Å². The lowest BCUT2D eigenvalue weighted by Gasteiger charge is -2.19. The summed E-state index contributed by atoms with van der Waals surface area (Å²) in [5.74, 6) is -1.93. The van der Waals surface area contributed by atoms with Crippen molar-refractivity contribution in [3.05, 3.63) is 29.8 Å². The zero-order valence-electron chi connectivity index (χ0n) is 15.4. The van der Waals surface area contributed by atoms with E-state index in [1.54, 1.807) is 24.3 Å². The van der Waals surface area contributed by atoms with Gasteiger partial charge in [-0.2, -0.15) is 0 Å². The van der Waals surface area contributed by atoms with Crippen molar-refractivity contribution in [2.24, 2.45) is 0 Å². The van der Waals surface area contributed by atoms with E-state index >= 15 is 0 Å². The number of urea groups is 1. The van der Waals surface area contributed by atoms with Gasteiger partial charge in [-0.3, -0.25) is 24.1 Å². The molecule has 2 aliphatic rings. The van der Waals surface area contributed by atoms with Crippen LogP contribution in [-0.2, 0) is 19.1 Å². The van der Waals surface area contributed by atoms with E-state index in [0.717, 1.165) is 17.7 Å². The average molecular weight is 387 g/mol. The van der Waals surface area contributed by atoms with Crippen molar-refractivity contribution in [3.63, 3.8) is 0 Å². The maximum absolute atomic E-state index is 12.5. The molecule has 9 heteroatoms. The highest BCUT2D eigenvalue weighted by Gasteiger charge is 2.52. The van der Waals surface area contributed by atoms with Crippen LogP contribution in [0.3, 0.4) is 0 Å². The fourth-order valence-electron chi connectivity index (χ4n) is 3.44. The number of ketones is 1. The van der Waals surface area contributed by atoms with Gasteiger partial charge in [-0.25, -0.2) is 4.79 Å². The van der Waals surface area contributed by atoms with Crippen LogP contribution in [0.1, 0.15) is 43.0 Å². The molecule has 1 aromatic carbocycles. The van der Waals surface area contributed by atoms with Crippen LogP contribution < -0.4 is 10.6 Å². The molecular formula is C19H21N3O6. The van der Waals surface area contributed by atoms with Gasteiger partial charge in [0.25, 0.3) is 11.8 Å². The molecule has 1 saturated carbocycles. The average Bonchev–Trinajstić information content (AvgIpc) is 3.21. The molecule has 0 aromatic heterocycles. The molecule has 0 atom stereocenters. The highest BCUT2D eigenvalue weighted by atomic mass is 16.5. The second kappa shape index (κ2) is 7.79. The predicted octanol–water partition coefficient (Wildman–Crippen LogP) is 1.24. The molecule has 2 N–H and O–H groups in total. The van der Waals surface area contributed by atoms with E-state index in [-0.39, 0.29) is 5.78 Å². The van der Waals surface area contributed by atoms with Crippen molar-refractivity contribution in [1.29, 1.82) is 0 Å². The molecule has 148 valence electrons. The molecule has 9 nitrogen and oxygen atoms in total. The number of nitrogens with zero attached hydrogens (tertiary/aromatic N) is 1. The summed E-state index contributed by atoms with van der Waals surface area (Å²) in [7, 11) is 0. The summed E-state index contributed by atoms with van der Waals surface area (Å²) >= 11 is 0. The molecule has 28 heavy (non-hydrogen) atoms. The number of Topliss-reactive ketones (excluding diaryl/α,β-unsaturated/α-hetero) is 1. The van der Waals surface area contributed by atoms with Crippen LogP contribution in [0.4, 0.5) is 10.5 Å². The first-order valence-electron chi connectivity index (χ1n) is 9.01. The summed E-state index contributed by atoms with van der Waals surface area (Å²) in [6, 6.07) is 5.65. The van der Waals surface area contributed by atoms with Gasteiger partial charge < -0.3 is 15.4 Å². The van der Waals surface area contributed by atoms with Crippen LogP contribution in [0.15, 0.2) is 24.3 Å². The maximum atomic E-state index is 12.5. The molecule has 1 heterocycles. The largest absolute Gasteiger partial charge is 0.454 e. The van der Waals surface area contributed by atoms with E-state index in [9.17, 15) is 24.0 Å². The van der Waals surface area contributed by atoms with Gasteiger partial charge in [-0.1, -0.05) is 12.8 Å². The summed E-state index contributed by atoms with van der Waals surface area (Å²) in [4.78, 5) is 60.4. The topological polar surface area (TPSA) is 122 Å². The number of rotatable bonds is 6. The van der Waals surface area contributed by atoms with Crippen molar-refractivity contribution < 1.29 is 28.7 Å². The Balaban J connectivity index is 1.47. The molecule has 4 amide bonds. The third-order valence-electron chi connectivity index (χ3n) is 4.93. The molecule has 1 aromatic rings. The summed E-state index contributed by atoms with van der Waals surface area (Å²) in [5.41, 5.74) is 0.0715. The Hall–Kier alpha value is -3.23. The van der Waals surface area contributed by atoms with Crippen molar-refractivity contribution in [2.45, 2.75) is 38.1 Å². The Bertz CT molecular complexity index is 827. The van der Waals surface area contributed by atoms with Crippen molar-refractivity contribution in [3.8, 4) is 0 Å². The van der Waals surface area contributed by atoms with Gasteiger partial charge in [0, 0.05) is 11.3 Å². The van der Waals surface area contributed by atoms with Gasteiger partial charge in [0.15, 0.2) is 12.4 Å². The maximum Gasteiger partial charge on any atom is 0.326 e. The third-order valence-corrected chi connectivity index (χ3v) is 4.93. The molecule has 2 fully saturated rings. The monoisotopic (exact) mass is 387 g/mol. The highest BCUT2D eigenvalue weighted by Crippen LogP contribution is 2.34. The van der Waals surface area contributed by atoms with Gasteiger partial charge in [0.2, 0.25) is 0 Å². The van der Waals surface area contributed by atoms with E-state index in [4.69, 9.17) is 4.74 Å². The quantitative estimate of drug-likeness (QED) is 0.430. The summed E-state index contributed by atoms with van der Waals surface area (Å²) < 4.78 is 4.87. The van der Waals surface area contributed by atoms with Crippen molar-refractivity contribution in [1.82, 2.24) is 10.2 Å². The number of benzene rings is 1. The first-order valence-corrected chi connectivity index (χ1v) is 9.01. The molecule has 0 radical (unpaired) electrons. The van der Waals surface area contributed by atoms with Gasteiger partial charge in [-0.15, -0.1) is 0 Å². The van der Waals surface area contributed by atoms with Crippen LogP contribution in [0, 0.1) is 0 Å². The Morgan fingerprint density at radius 1 is 1.14 bits per heavy atom. The van der Waals surface area contributed by atoms with Crippen LogP contribution >= 0.6 is 0 Å². The van der Waals surface area contributed by atoms with Gasteiger partial charge >= 0.3 is 12.0 Å². The lowest BCUT2D eigenvalue weighted by molar-refractivity contribution is -0.150. The van der Waals surface area contributed by atoms with Gasteiger partial charge in [-0.05, 0) is 44.0 Å². The summed E-state index contributed by atoms with van der Waals surface area (Å²) in [6.07, 6.45) is 2.82. The summed E-state index contributed by atoms with van der Waals surface area (Å²) in [6.45, 7) is 0.349. The number of anilines is 1. The summed E-state index contributed by atoms with van der Waals surface area (Å²) in [5, 5.41) is 5.20. The second-order valence-electron chi connectivity index (χ2n) is 6.95. The molecule has 1 aliphatic carbocycles. The Morgan fingerprint density at radius 3 is 2.39 bits per heavy atom. The SMILES string of the molecule is CC(=O)c1ccc(NC(=O)COC(=O)CN2C(=O)NC3(CCCC3)C2=O)cc1. The minimum Gasteiger partial charge on any atom is -0.454 e. The van der Waals surface area contributed by atoms with Crippen molar-refractivity contribution >= 4 is 35.3 Å². The zero-order valence-corrected chi connectivity index (χ0v) is 15.4. The third kappa shape index (κ3) is 4.03. The van der Waals surface area contributed by atoms with E-state index in [1.165, 1.54) is 6.92 Å². The van der Waals surface area contributed by atoms with Crippen molar-refractivity contribution in [2.75, 3.05) is 18.5 Å². The number of nitrogens with one attached hydrogen (secondary N) is 2. The van der Waals surface area contributed by atoms with Crippen LogP contribution in [0.25, 0.3) is 0 Å². The molecule has 1 spiro atoms. The molecular weight excluding hydrogens is 366 g/mol. The number of esters is 1. The van der Waals surface area contributed by atoms with E-state index < -0.39 is 42.5 Å². The highest BCUT2D eigenvalue weighted by molar-refractivity contribution is 6.09. The second-order valence-corrected chi connectivity index (χ2v) is 6.95. The molecule has 3 rings (SSSR count). The smallest absolute Gasteiger partial charge is 0.326 e. The number of amides is 4. The standard InChI is InChI=1S/C19H21N3O6/c1-12(23)13-4-6-14(7-5-13)20-15(24)11-28-16(25)10-22-17(26)19(21-18(22)27)8-2-3-9-19/h4-7H,2-3,8-11H2,1H3,(H,20,24)(H,21,27). The van der Waals surface area contributed by atoms with Crippen LogP contribution in [-0.4, -0.2) is 53.2 Å². The Kier molecular flexibility index (Phi) is 5.43. The fraction of sp³-hybridized carbons (Fsp3) is 0.421. The van der Waals surface area contributed by atoms with Gasteiger partial charge in [0.1, 0.15) is 12.1 Å². The number of hydrogen-bond donors (Lipinski definition) is 2. The lowest BCUT2D eigenvalue weighted by atomic mass is 9.98. The normalized spacial score (nSPS) is 17.5. The molecule has 0 unspecified atom stereocenters. The molecule has 0 bridgehead atoms. The van der Waals surface area contributed by atoms with E-state index in [0.29, 0.717) is 24.1 Å². The van der Waals surface area contributed by atoms with Crippen LogP contribution in [0.5, 0.6) is 0 Å². The Labute approximate surface area is 161 Å². The minimum absolute atomic E-state index is 0.0910. The fourth-order valence-corrected chi connectivity index (χ4v) is 3.44. The van der Waals surface area contributed by atoms with Gasteiger partial charge in [0.05, 0.1) is 0 Å². The number of imide groups is 1. The molecule has 1 aliphatic heterocycles. The minimum atomic E-state index is -0.888. The van der Waals surface area contributed by atoms with Crippen LogP contribution in [0.2, 0.25) is 0 Å². The number of ether oxygens (including phenoxy) is 1. The number of carbonyl (C=O) groups is 5. The first-order chi connectivity index (χ1) is 13.3. The molecule has 1 saturated heterocycles.